The van der Waals surface area contributed by atoms with Crippen LogP contribution in [0.15, 0.2) is 17.3 Å². The van der Waals surface area contributed by atoms with Crippen molar-refractivity contribution in [3.8, 4) is 0 Å². The molecule has 6 heteroatoms. The number of nitrogens with zero attached hydrogens (tertiary/aromatic N) is 2. The van der Waals surface area contributed by atoms with E-state index in [1.807, 2.05) is 0 Å². The number of rotatable bonds is 2. The van der Waals surface area contributed by atoms with Gasteiger partial charge in [0.05, 0.1) is 0 Å². The normalized spacial score (nSPS) is 16.1. The lowest BCUT2D eigenvalue weighted by molar-refractivity contribution is -0.119. The highest BCUT2D eigenvalue weighted by atomic mass is 19.1. The zero-order chi connectivity index (χ0) is 12.4. The van der Waals surface area contributed by atoms with Crippen molar-refractivity contribution in [2.45, 2.75) is 12.8 Å². The van der Waals surface area contributed by atoms with Crippen molar-refractivity contribution < 1.29 is 13.6 Å². The second-order valence-electron chi connectivity index (χ2n) is 3.88. The van der Waals surface area contributed by atoms with E-state index in [2.05, 4.69) is 5.18 Å². The maximum atomic E-state index is 13.6. The first-order valence-corrected chi connectivity index (χ1v) is 5.21. The Morgan fingerprint density at radius 3 is 2.12 bits per heavy atom. The summed E-state index contributed by atoms with van der Waals surface area (Å²) >= 11 is 0. The highest BCUT2D eigenvalue weighted by Gasteiger charge is 2.22. The Morgan fingerprint density at radius 2 is 1.65 bits per heavy atom. The van der Waals surface area contributed by atoms with Crippen molar-refractivity contribution >= 4 is 17.2 Å². The highest BCUT2D eigenvalue weighted by Crippen LogP contribution is 2.29. The Bertz CT molecular complexity index is 444. The molecule has 0 amide bonds. The zero-order valence-corrected chi connectivity index (χ0v) is 8.95. The lowest BCUT2D eigenvalue weighted by Gasteiger charge is -2.28. The van der Waals surface area contributed by atoms with Gasteiger partial charge >= 0.3 is 0 Å². The molecule has 0 unspecified atom stereocenters. The topological polar surface area (TPSA) is 49.7 Å². The van der Waals surface area contributed by atoms with Gasteiger partial charge in [-0.1, -0.05) is 0 Å². The van der Waals surface area contributed by atoms with Crippen LogP contribution in [0.2, 0.25) is 0 Å². The zero-order valence-electron chi connectivity index (χ0n) is 8.95. The number of benzene rings is 1. The van der Waals surface area contributed by atoms with E-state index in [4.69, 9.17) is 0 Å². The molecule has 1 aliphatic rings. The molecule has 0 atom stereocenters. The number of hydrogen-bond acceptors (Lipinski definition) is 4. The molecule has 0 aliphatic carbocycles. The lowest BCUT2D eigenvalue weighted by Crippen LogP contribution is -2.34. The van der Waals surface area contributed by atoms with Crippen LogP contribution in [0, 0.1) is 16.5 Å². The fraction of sp³-hybridized carbons (Fsp3) is 0.364. The Balaban J connectivity index is 2.32. The quantitative estimate of drug-likeness (QED) is 0.746. The van der Waals surface area contributed by atoms with E-state index in [0.29, 0.717) is 13.1 Å². The Labute approximate surface area is 96.2 Å². The Kier molecular flexibility index (Phi) is 3.12. The van der Waals surface area contributed by atoms with Gasteiger partial charge in [-0.25, -0.2) is 8.78 Å². The van der Waals surface area contributed by atoms with Gasteiger partial charge in [-0.2, -0.15) is 0 Å². The molecule has 0 radical (unpaired) electrons. The van der Waals surface area contributed by atoms with E-state index in [1.54, 1.807) is 0 Å². The monoisotopic (exact) mass is 240 g/mol. The first kappa shape index (κ1) is 11.6. The van der Waals surface area contributed by atoms with Gasteiger partial charge in [0, 0.05) is 38.1 Å². The molecular formula is C11H10F2N2O2. The van der Waals surface area contributed by atoms with Gasteiger partial charge in [0.25, 0.3) is 0 Å². The molecule has 0 saturated carbocycles. The van der Waals surface area contributed by atoms with Crippen molar-refractivity contribution in [3.63, 3.8) is 0 Å². The first-order chi connectivity index (χ1) is 8.11. The van der Waals surface area contributed by atoms with Gasteiger partial charge in [-0.3, -0.25) is 4.79 Å². The Hall–Kier alpha value is -1.85. The van der Waals surface area contributed by atoms with Gasteiger partial charge in [0.2, 0.25) is 0 Å². The molecular weight excluding hydrogens is 230 g/mol. The number of ketones is 1. The summed E-state index contributed by atoms with van der Waals surface area (Å²) in [7, 11) is 0. The van der Waals surface area contributed by atoms with Crippen LogP contribution in [-0.2, 0) is 4.79 Å². The number of carbonyl (C=O) groups excluding carboxylic acids is 1. The van der Waals surface area contributed by atoms with E-state index in [1.165, 1.54) is 4.90 Å². The van der Waals surface area contributed by atoms with E-state index >= 15 is 0 Å². The largest absolute Gasteiger partial charge is 0.366 e. The third kappa shape index (κ3) is 2.30. The summed E-state index contributed by atoms with van der Waals surface area (Å²) in [6.45, 7) is 0.584. The number of Topliss-reactive ketones (excluding diaryl/α,β-unsaturated/α-hetero) is 1. The summed E-state index contributed by atoms with van der Waals surface area (Å²) in [5.74, 6) is -1.56. The fourth-order valence-electron chi connectivity index (χ4n) is 1.89. The summed E-state index contributed by atoms with van der Waals surface area (Å²) in [5, 5.41) is 2.49. The molecule has 1 aromatic rings. The number of carbonyl (C=O) groups is 1. The molecule has 1 aromatic carbocycles. The summed E-state index contributed by atoms with van der Waals surface area (Å²) in [4.78, 5) is 22.7. The summed E-state index contributed by atoms with van der Waals surface area (Å²) in [5.41, 5.74) is -0.471. The van der Waals surface area contributed by atoms with Crippen molar-refractivity contribution in [2.75, 3.05) is 18.0 Å². The molecule has 0 N–H and O–H groups in total. The van der Waals surface area contributed by atoms with E-state index < -0.39 is 11.6 Å². The van der Waals surface area contributed by atoms with Gasteiger partial charge in [-0.05, 0) is 5.18 Å². The van der Waals surface area contributed by atoms with E-state index in [-0.39, 0.29) is 30.0 Å². The molecule has 17 heavy (non-hydrogen) atoms. The Morgan fingerprint density at radius 1 is 1.12 bits per heavy atom. The van der Waals surface area contributed by atoms with Crippen LogP contribution >= 0.6 is 0 Å². The number of nitroso groups, excluding NO2 is 1. The second-order valence-corrected chi connectivity index (χ2v) is 3.88. The summed E-state index contributed by atoms with van der Waals surface area (Å²) in [6.07, 6.45) is 0.569. The predicted molar refractivity (Wildman–Crippen MR) is 58.3 cm³/mol. The van der Waals surface area contributed by atoms with Crippen LogP contribution in [0.4, 0.5) is 20.2 Å². The smallest absolute Gasteiger partial charge is 0.151 e. The summed E-state index contributed by atoms with van der Waals surface area (Å²) < 4.78 is 27.2. The van der Waals surface area contributed by atoms with Crippen LogP contribution in [0.25, 0.3) is 0 Å². The van der Waals surface area contributed by atoms with Crippen LogP contribution in [0.5, 0.6) is 0 Å². The minimum absolute atomic E-state index is 0.0910. The maximum absolute atomic E-state index is 13.6. The first-order valence-electron chi connectivity index (χ1n) is 5.21. The minimum atomic E-state index is -0.825. The van der Waals surface area contributed by atoms with Crippen LogP contribution in [0.1, 0.15) is 12.8 Å². The molecule has 1 fully saturated rings. The predicted octanol–water partition coefficient (Wildman–Crippen LogP) is 2.53. The van der Waals surface area contributed by atoms with Crippen LogP contribution in [-0.4, -0.2) is 18.9 Å². The fourth-order valence-corrected chi connectivity index (χ4v) is 1.89. The third-order valence-electron chi connectivity index (χ3n) is 2.74. The van der Waals surface area contributed by atoms with Crippen molar-refractivity contribution in [1.82, 2.24) is 0 Å². The van der Waals surface area contributed by atoms with Gasteiger partial charge in [-0.15, -0.1) is 4.91 Å². The molecule has 1 aliphatic heterocycles. The molecule has 0 bridgehead atoms. The highest BCUT2D eigenvalue weighted by molar-refractivity contribution is 5.81. The standard InChI is InChI=1S/C11H10F2N2O2/c12-9-5-7(14-17)6-10(13)11(9)15-3-1-8(16)2-4-15/h5-6H,1-4H2. The molecule has 0 aromatic heterocycles. The van der Waals surface area contributed by atoms with Crippen molar-refractivity contribution in [1.29, 1.82) is 0 Å². The molecule has 1 saturated heterocycles. The summed E-state index contributed by atoms with van der Waals surface area (Å²) in [6, 6.07) is 1.78. The van der Waals surface area contributed by atoms with E-state index in [0.717, 1.165) is 12.1 Å². The molecule has 90 valence electrons. The SMILES string of the molecule is O=Nc1cc(F)c(N2CCC(=O)CC2)c(F)c1. The minimum Gasteiger partial charge on any atom is -0.366 e. The van der Waals surface area contributed by atoms with Gasteiger partial charge < -0.3 is 4.90 Å². The third-order valence-corrected chi connectivity index (χ3v) is 2.74. The van der Waals surface area contributed by atoms with E-state index in [9.17, 15) is 18.5 Å². The van der Waals surface area contributed by atoms with Crippen molar-refractivity contribution in [3.05, 3.63) is 28.7 Å². The molecule has 0 spiro atoms. The van der Waals surface area contributed by atoms with Crippen LogP contribution < -0.4 is 4.90 Å². The average molecular weight is 240 g/mol. The molecule has 1 heterocycles. The number of halogens is 2. The van der Waals surface area contributed by atoms with Gasteiger partial charge in [0.1, 0.15) is 17.2 Å². The van der Waals surface area contributed by atoms with Crippen molar-refractivity contribution in [2.24, 2.45) is 5.18 Å². The van der Waals surface area contributed by atoms with Crippen LogP contribution in [0.3, 0.4) is 0 Å². The maximum Gasteiger partial charge on any atom is 0.151 e. The second kappa shape index (κ2) is 4.57. The molecule has 4 nitrogen and oxygen atoms in total. The number of anilines is 1. The number of hydrogen-bond donors (Lipinski definition) is 0. The average Bonchev–Trinajstić information content (AvgIpc) is 2.30. The number of piperidine rings is 1. The lowest BCUT2D eigenvalue weighted by atomic mass is 10.1. The van der Waals surface area contributed by atoms with Gasteiger partial charge in [0.15, 0.2) is 11.6 Å². The molecule has 2 rings (SSSR count).